The van der Waals surface area contributed by atoms with Crippen LogP contribution in [0.3, 0.4) is 0 Å². The molecule has 2 aliphatic heterocycles. The molecule has 0 aliphatic carbocycles. The van der Waals surface area contributed by atoms with Gasteiger partial charge in [-0.2, -0.15) is 37.7 Å². The predicted molar refractivity (Wildman–Crippen MR) is 112 cm³/mol. The van der Waals surface area contributed by atoms with Crippen molar-refractivity contribution in [3.63, 3.8) is 0 Å². The van der Waals surface area contributed by atoms with Crippen molar-refractivity contribution in [3.05, 3.63) is 22.4 Å². The Kier molecular flexibility index (Phi) is 11.7. The molecule has 0 saturated carbocycles. The lowest BCUT2D eigenvalue weighted by molar-refractivity contribution is -0.193. The minimum Gasteiger partial charge on any atom is -0.475 e. The standard InChI is InChI=1S/C16H26N2OS.2C2HF3O2/c1-2-17-7-8-19-14-16(12-17)5-3-6-18(13-16)10-15-4-9-20-11-15;2*3-2(4,5)1(6)7/h4,9,11H,2-3,5-8,10,12-14H2,1H3;2*(H,6,7). The molecule has 1 unspecified atom stereocenters. The van der Waals surface area contributed by atoms with Gasteiger partial charge in [-0.25, -0.2) is 9.59 Å². The largest absolute Gasteiger partial charge is 0.490 e. The maximum Gasteiger partial charge on any atom is 0.490 e. The summed E-state index contributed by atoms with van der Waals surface area (Å²) in [6, 6.07) is 2.26. The van der Waals surface area contributed by atoms with E-state index in [0.717, 1.165) is 32.8 Å². The number of carboxylic acid groups (broad SMARTS) is 2. The molecule has 1 spiro atoms. The van der Waals surface area contributed by atoms with Crippen LogP contribution in [0.5, 0.6) is 0 Å². The van der Waals surface area contributed by atoms with Crippen LogP contribution in [0, 0.1) is 5.41 Å². The minimum absolute atomic E-state index is 0.362. The second-order valence-electron chi connectivity index (χ2n) is 7.97. The van der Waals surface area contributed by atoms with Gasteiger partial charge in [0.05, 0.1) is 13.2 Å². The molecule has 2 saturated heterocycles. The molecule has 7 nitrogen and oxygen atoms in total. The van der Waals surface area contributed by atoms with Gasteiger partial charge in [0.25, 0.3) is 0 Å². The highest BCUT2D eigenvalue weighted by molar-refractivity contribution is 7.07. The van der Waals surface area contributed by atoms with Crippen molar-refractivity contribution in [1.82, 2.24) is 9.80 Å². The monoisotopic (exact) mass is 522 g/mol. The summed E-state index contributed by atoms with van der Waals surface area (Å²) >= 11 is 1.80. The molecular weight excluding hydrogens is 494 g/mol. The van der Waals surface area contributed by atoms with E-state index in [0.29, 0.717) is 5.41 Å². The highest BCUT2D eigenvalue weighted by atomic mass is 32.1. The number of rotatable bonds is 3. The highest BCUT2D eigenvalue weighted by Gasteiger charge is 2.39. The summed E-state index contributed by atoms with van der Waals surface area (Å²) in [6.07, 6.45) is -7.53. The molecule has 34 heavy (non-hydrogen) atoms. The predicted octanol–water partition coefficient (Wildman–Crippen LogP) is 3.95. The molecule has 0 bridgehead atoms. The number of thiophene rings is 1. The number of nitrogens with zero attached hydrogens (tertiary/aromatic N) is 2. The molecule has 196 valence electrons. The fraction of sp³-hybridized carbons (Fsp3) is 0.700. The summed E-state index contributed by atoms with van der Waals surface area (Å²) in [5, 5.41) is 18.7. The molecule has 2 aliphatic rings. The number of hydrogen-bond donors (Lipinski definition) is 2. The maximum atomic E-state index is 10.6. The molecule has 0 radical (unpaired) electrons. The SMILES string of the molecule is CCN1CCOCC2(CCCN(Cc3ccsc3)C2)C1.O=C(O)C(F)(F)F.O=C(O)C(F)(F)F. The van der Waals surface area contributed by atoms with Crippen LogP contribution < -0.4 is 0 Å². The number of hydrogen-bond acceptors (Lipinski definition) is 6. The molecule has 0 aromatic carbocycles. The molecular formula is C20H28F6N2O5S. The first-order chi connectivity index (χ1) is 15.7. The number of alkyl halides is 6. The lowest BCUT2D eigenvalue weighted by atomic mass is 9.80. The molecule has 1 aromatic rings. The number of halogens is 6. The van der Waals surface area contributed by atoms with Gasteiger partial charge in [0.15, 0.2) is 0 Å². The van der Waals surface area contributed by atoms with Crippen molar-refractivity contribution < 1.29 is 50.9 Å². The maximum absolute atomic E-state index is 10.6. The van der Waals surface area contributed by atoms with Gasteiger partial charge < -0.3 is 19.8 Å². The molecule has 14 heteroatoms. The third-order valence-electron chi connectivity index (χ3n) is 5.18. The number of aliphatic carboxylic acids is 2. The van der Waals surface area contributed by atoms with Crippen LogP contribution in [0.4, 0.5) is 26.3 Å². The Morgan fingerprint density at radius 3 is 2.09 bits per heavy atom. The average molecular weight is 523 g/mol. The Bertz CT molecular complexity index is 736. The van der Waals surface area contributed by atoms with Crippen LogP contribution >= 0.6 is 11.3 Å². The number of likely N-dealkylation sites (N-methyl/N-ethyl adjacent to an activating group) is 1. The zero-order valence-corrected chi connectivity index (χ0v) is 19.3. The first-order valence-corrected chi connectivity index (χ1v) is 11.3. The van der Waals surface area contributed by atoms with Crippen LogP contribution in [0.1, 0.15) is 25.3 Å². The Labute approximate surface area is 196 Å². The quantitative estimate of drug-likeness (QED) is 0.581. The van der Waals surface area contributed by atoms with E-state index in [1.807, 2.05) is 0 Å². The number of carboxylic acids is 2. The van der Waals surface area contributed by atoms with Crippen molar-refractivity contribution in [2.24, 2.45) is 5.41 Å². The lowest BCUT2D eigenvalue weighted by Gasteiger charge is -2.43. The van der Waals surface area contributed by atoms with Crippen molar-refractivity contribution in [2.45, 2.75) is 38.7 Å². The fourth-order valence-electron chi connectivity index (χ4n) is 3.68. The summed E-state index contributed by atoms with van der Waals surface area (Å²) in [6.45, 7) is 11.1. The van der Waals surface area contributed by atoms with E-state index in [2.05, 4.69) is 33.6 Å². The van der Waals surface area contributed by atoms with E-state index in [1.165, 1.54) is 38.0 Å². The Hall–Kier alpha value is -1.90. The van der Waals surface area contributed by atoms with Crippen molar-refractivity contribution in [3.8, 4) is 0 Å². The van der Waals surface area contributed by atoms with Gasteiger partial charge in [0.2, 0.25) is 0 Å². The van der Waals surface area contributed by atoms with E-state index in [4.69, 9.17) is 24.5 Å². The normalized spacial score (nSPS) is 22.1. The van der Waals surface area contributed by atoms with Gasteiger partial charge in [0.1, 0.15) is 0 Å². The fourth-order valence-corrected chi connectivity index (χ4v) is 4.34. The van der Waals surface area contributed by atoms with E-state index >= 15 is 0 Å². The first kappa shape index (κ1) is 30.1. The average Bonchev–Trinajstić information content (AvgIpc) is 3.15. The zero-order chi connectivity index (χ0) is 26.0. The van der Waals surface area contributed by atoms with Crippen molar-refractivity contribution in [2.75, 3.05) is 45.9 Å². The van der Waals surface area contributed by atoms with Gasteiger partial charge in [-0.15, -0.1) is 0 Å². The zero-order valence-electron chi connectivity index (χ0n) is 18.5. The molecule has 2 fully saturated rings. The smallest absolute Gasteiger partial charge is 0.475 e. The molecule has 3 heterocycles. The topological polar surface area (TPSA) is 90.3 Å². The highest BCUT2D eigenvalue weighted by Crippen LogP contribution is 2.33. The van der Waals surface area contributed by atoms with Crippen LogP contribution in [0.2, 0.25) is 0 Å². The first-order valence-electron chi connectivity index (χ1n) is 10.3. The van der Waals surface area contributed by atoms with E-state index < -0.39 is 24.3 Å². The second-order valence-corrected chi connectivity index (χ2v) is 8.75. The number of carbonyl (C=O) groups is 2. The third kappa shape index (κ3) is 11.0. The third-order valence-corrected chi connectivity index (χ3v) is 5.91. The molecule has 3 rings (SSSR count). The Morgan fingerprint density at radius 2 is 1.62 bits per heavy atom. The van der Waals surface area contributed by atoms with Gasteiger partial charge in [-0.1, -0.05) is 6.92 Å². The summed E-state index contributed by atoms with van der Waals surface area (Å²) in [4.78, 5) is 23.0. The van der Waals surface area contributed by atoms with E-state index in [9.17, 15) is 26.3 Å². The Morgan fingerprint density at radius 1 is 1.06 bits per heavy atom. The van der Waals surface area contributed by atoms with Crippen molar-refractivity contribution in [1.29, 1.82) is 0 Å². The van der Waals surface area contributed by atoms with E-state index in [-0.39, 0.29) is 0 Å². The van der Waals surface area contributed by atoms with Crippen LogP contribution in [-0.4, -0.2) is 90.2 Å². The Balaban J connectivity index is 0.000000343. The molecule has 2 N–H and O–H groups in total. The van der Waals surface area contributed by atoms with Crippen LogP contribution in [0.25, 0.3) is 0 Å². The molecule has 1 aromatic heterocycles. The second kappa shape index (κ2) is 13.3. The van der Waals surface area contributed by atoms with Gasteiger partial charge >= 0.3 is 24.3 Å². The summed E-state index contributed by atoms with van der Waals surface area (Å²) < 4.78 is 69.4. The van der Waals surface area contributed by atoms with Gasteiger partial charge in [-0.05, 0) is 48.3 Å². The number of ether oxygens (including phenoxy) is 1. The summed E-state index contributed by atoms with van der Waals surface area (Å²) in [5.74, 6) is -5.51. The number of piperidine rings is 1. The number of likely N-dealkylation sites (tertiary alicyclic amines) is 1. The molecule has 0 amide bonds. The van der Waals surface area contributed by atoms with Gasteiger partial charge in [-0.3, -0.25) is 4.90 Å². The molecule has 1 atom stereocenters. The van der Waals surface area contributed by atoms with Crippen LogP contribution in [0.15, 0.2) is 16.8 Å². The van der Waals surface area contributed by atoms with Gasteiger partial charge in [0, 0.05) is 31.6 Å². The summed E-state index contributed by atoms with van der Waals surface area (Å²) in [7, 11) is 0. The minimum atomic E-state index is -5.08. The van der Waals surface area contributed by atoms with Crippen LogP contribution in [-0.2, 0) is 20.9 Å². The van der Waals surface area contributed by atoms with E-state index in [1.54, 1.807) is 11.3 Å². The lowest BCUT2D eigenvalue weighted by Crippen LogP contribution is -2.50. The van der Waals surface area contributed by atoms with Crippen molar-refractivity contribution >= 4 is 23.3 Å². The summed E-state index contributed by atoms with van der Waals surface area (Å²) in [5.41, 5.74) is 1.83.